The summed E-state index contributed by atoms with van der Waals surface area (Å²) in [5, 5.41) is 4.02. The van der Waals surface area contributed by atoms with Crippen molar-refractivity contribution in [3.63, 3.8) is 0 Å². The molecule has 0 amide bonds. The molecule has 0 aliphatic rings. The van der Waals surface area contributed by atoms with E-state index in [1.807, 2.05) is 20.0 Å². The summed E-state index contributed by atoms with van der Waals surface area (Å²) in [5.41, 5.74) is 2.97. The van der Waals surface area contributed by atoms with Gasteiger partial charge in [0.05, 0.1) is 6.04 Å². The molecule has 0 bridgehead atoms. The zero-order valence-corrected chi connectivity index (χ0v) is 13.4. The molecule has 1 heterocycles. The third-order valence-corrected chi connectivity index (χ3v) is 4.45. The molecular weight excluding hydrogens is 333 g/mol. The predicted octanol–water partition coefficient (Wildman–Crippen LogP) is 4.95. The summed E-state index contributed by atoms with van der Waals surface area (Å²) in [4.78, 5) is 0. The number of fused-ring (bicyclic) bond motifs is 1. The molecule has 0 radical (unpaired) electrons. The Labute approximate surface area is 131 Å². The lowest BCUT2D eigenvalue weighted by atomic mass is 10.0. The Hall–Kier alpha value is -1.65. The molecule has 0 fully saturated rings. The Bertz CT molecular complexity index is 797. The molecule has 3 rings (SSSR count). The molecule has 21 heavy (non-hydrogen) atoms. The Morgan fingerprint density at radius 3 is 2.67 bits per heavy atom. The van der Waals surface area contributed by atoms with Gasteiger partial charge in [-0.3, -0.25) is 0 Å². The van der Waals surface area contributed by atoms with Crippen LogP contribution in [0.3, 0.4) is 0 Å². The van der Waals surface area contributed by atoms with Gasteiger partial charge in [0, 0.05) is 9.86 Å². The summed E-state index contributed by atoms with van der Waals surface area (Å²) in [7, 11) is 1.88. The molecule has 1 unspecified atom stereocenters. The van der Waals surface area contributed by atoms with E-state index in [0.29, 0.717) is 5.58 Å². The fourth-order valence-electron chi connectivity index (χ4n) is 2.44. The molecule has 1 aromatic heterocycles. The second kappa shape index (κ2) is 5.62. The highest BCUT2D eigenvalue weighted by molar-refractivity contribution is 9.10. The first kappa shape index (κ1) is 14.3. The van der Waals surface area contributed by atoms with Crippen molar-refractivity contribution in [2.75, 3.05) is 7.05 Å². The van der Waals surface area contributed by atoms with Crippen LogP contribution in [-0.2, 0) is 0 Å². The van der Waals surface area contributed by atoms with Gasteiger partial charge in [0.1, 0.15) is 17.2 Å². The molecule has 0 aliphatic carbocycles. The summed E-state index contributed by atoms with van der Waals surface area (Å²) in [5.74, 6) is 0.516. The smallest absolute Gasteiger partial charge is 0.134 e. The minimum Gasteiger partial charge on any atom is -0.459 e. The fraction of sp³-hybridized carbons (Fsp3) is 0.176. The van der Waals surface area contributed by atoms with Crippen molar-refractivity contribution in [1.29, 1.82) is 0 Å². The van der Waals surface area contributed by atoms with Crippen molar-refractivity contribution in [3.05, 3.63) is 69.6 Å². The number of nitrogens with one attached hydrogen (secondary N) is 1. The topological polar surface area (TPSA) is 25.2 Å². The largest absolute Gasteiger partial charge is 0.459 e. The van der Waals surface area contributed by atoms with Gasteiger partial charge in [-0.1, -0.05) is 28.1 Å². The number of rotatable bonds is 3. The average molecular weight is 348 g/mol. The van der Waals surface area contributed by atoms with Crippen LogP contribution in [0.1, 0.15) is 22.9 Å². The fourth-order valence-corrected chi connectivity index (χ4v) is 2.84. The van der Waals surface area contributed by atoms with E-state index >= 15 is 0 Å². The van der Waals surface area contributed by atoms with E-state index in [4.69, 9.17) is 4.42 Å². The van der Waals surface area contributed by atoms with E-state index in [0.717, 1.165) is 21.2 Å². The highest BCUT2D eigenvalue weighted by Crippen LogP contribution is 2.30. The molecule has 0 spiro atoms. The summed E-state index contributed by atoms with van der Waals surface area (Å²) in [6.45, 7) is 2.05. The predicted molar refractivity (Wildman–Crippen MR) is 86.0 cm³/mol. The summed E-state index contributed by atoms with van der Waals surface area (Å²) < 4.78 is 20.2. The summed E-state index contributed by atoms with van der Waals surface area (Å²) in [6, 6.07) is 12.6. The van der Waals surface area contributed by atoms with E-state index in [2.05, 4.69) is 39.4 Å². The van der Waals surface area contributed by atoms with Gasteiger partial charge in [0.15, 0.2) is 0 Å². The number of halogens is 2. The average Bonchev–Trinajstić information content (AvgIpc) is 2.86. The van der Waals surface area contributed by atoms with Gasteiger partial charge < -0.3 is 9.73 Å². The zero-order valence-electron chi connectivity index (χ0n) is 11.8. The molecule has 108 valence electrons. The SMILES string of the molecule is CNC(c1ccc(C)c(Br)c1)c1cc2cc(F)ccc2o1. The third-order valence-electron chi connectivity index (χ3n) is 3.60. The highest BCUT2D eigenvalue weighted by atomic mass is 79.9. The van der Waals surface area contributed by atoms with Gasteiger partial charge in [-0.25, -0.2) is 4.39 Å². The van der Waals surface area contributed by atoms with Crippen LogP contribution in [0.15, 0.2) is 51.4 Å². The second-order valence-corrected chi connectivity index (χ2v) is 5.92. The molecule has 1 atom stereocenters. The Morgan fingerprint density at radius 2 is 1.95 bits per heavy atom. The van der Waals surface area contributed by atoms with Crippen LogP contribution in [0, 0.1) is 12.7 Å². The monoisotopic (exact) mass is 347 g/mol. The normalized spacial score (nSPS) is 12.8. The van der Waals surface area contributed by atoms with Gasteiger partial charge in [-0.15, -0.1) is 0 Å². The lowest BCUT2D eigenvalue weighted by Gasteiger charge is -2.15. The lowest BCUT2D eigenvalue weighted by molar-refractivity contribution is 0.491. The van der Waals surface area contributed by atoms with Crippen molar-refractivity contribution < 1.29 is 8.81 Å². The van der Waals surface area contributed by atoms with Crippen molar-refractivity contribution in [3.8, 4) is 0 Å². The van der Waals surface area contributed by atoms with Gasteiger partial charge in [0.25, 0.3) is 0 Å². The van der Waals surface area contributed by atoms with Crippen LogP contribution in [-0.4, -0.2) is 7.05 Å². The summed E-state index contributed by atoms with van der Waals surface area (Å²) >= 11 is 3.55. The molecule has 0 saturated carbocycles. The maximum absolute atomic E-state index is 13.3. The quantitative estimate of drug-likeness (QED) is 0.724. The van der Waals surface area contributed by atoms with Crippen molar-refractivity contribution in [2.45, 2.75) is 13.0 Å². The van der Waals surface area contributed by atoms with Crippen LogP contribution in [0.5, 0.6) is 0 Å². The first-order valence-electron chi connectivity index (χ1n) is 6.71. The molecule has 2 aromatic carbocycles. The lowest BCUT2D eigenvalue weighted by Crippen LogP contribution is -2.17. The molecule has 1 N–H and O–H groups in total. The molecule has 4 heteroatoms. The maximum Gasteiger partial charge on any atom is 0.134 e. The van der Waals surface area contributed by atoms with Crippen molar-refractivity contribution in [2.24, 2.45) is 0 Å². The van der Waals surface area contributed by atoms with E-state index in [1.54, 1.807) is 6.07 Å². The van der Waals surface area contributed by atoms with Crippen LogP contribution < -0.4 is 5.32 Å². The minimum atomic E-state index is -0.256. The van der Waals surface area contributed by atoms with Crippen molar-refractivity contribution in [1.82, 2.24) is 5.32 Å². The van der Waals surface area contributed by atoms with E-state index in [-0.39, 0.29) is 11.9 Å². The van der Waals surface area contributed by atoms with E-state index in [1.165, 1.54) is 17.7 Å². The standard InChI is InChI=1S/C17H15BrFNO/c1-10-3-4-11(8-14(10)18)17(20-2)16-9-12-7-13(19)5-6-15(12)21-16/h3-9,17,20H,1-2H3. The van der Waals surface area contributed by atoms with Gasteiger partial charge in [-0.05, 0) is 55.4 Å². The molecule has 0 aliphatic heterocycles. The van der Waals surface area contributed by atoms with Crippen LogP contribution in [0.25, 0.3) is 11.0 Å². The van der Waals surface area contributed by atoms with Crippen LogP contribution in [0.2, 0.25) is 0 Å². The molecular formula is C17H15BrFNO. The van der Waals surface area contributed by atoms with Gasteiger partial charge in [-0.2, -0.15) is 0 Å². The van der Waals surface area contributed by atoms with Gasteiger partial charge >= 0.3 is 0 Å². The Kier molecular flexibility index (Phi) is 3.83. The Morgan fingerprint density at radius 1 is 1.14 bits per heavy atom. The second-order valence-electron chi connectivity index (χ2n) is 5.06. The van der Waals surface area contributed by atoms with Crippen molar-refractivity contribution >= 4 is 26.9 Å². The van der Waals surface area contributed by atoms with Gasteiger partial charge in [0.2, 0.25) is 0 Å². The number of furan rings is 1. The number of aryl methyl sites for hydroxylation is 1. The number of hydrogen-bond acceptors (Lipinski definition) is 2. The highest BCUT2D eigenvalue weighted by Gasteiger charge is 2.17. The molecule has 0 saturated heterocycles. The van der Waals surface area contributed by atoms with E-state index < -0.39 is 0 Å². The first-order valence-corrected chi connectivity index (χ1v) is 7.50. The van der Waals surface area contributed by atoms with E-state index in [9.17, 15) is 4.39 Å². The maximum atomic E-state index is 13.3. The minimum absolute atomic E-state index is 0.0719. The Balaban J connectivity index is 2.06. The van der Waals surface area contributed by atoms with Crippen LogP contribution >= 0.6 is 15.9 Å². The molecule has 2 nitrogen and oxygen atoms in total. The zero-order chi connectivity index (χ0) is 15.0. The third kappa shape index (κ3) is 2.74. The molecule has 3 aromatic rings. The van der Waals surface area contributed by atoms with Crippen LogP contribution in [0.4, 0.5) is 4.39 Å². The summed E-state index contributed by atoms with van der Waals surface area (Å²) in [6.07, 6.45) is 0. The number of hydrogen-bond donors (Lipinski definition) is 1. The number of benzene rings is 2. The first-order chi connectivity index (χ1) is 10.1.